The Morgan fingerprint density at radius 3 is 2.79 bits per heavy atom. The minimum Gasteiger partial charge on any atom is -0.462 e. The van der Waals surface area contributed by atoms with Crippen LogP contribution in [0.2, 0.25) is 5.02 Å². The molecule has 1 fully saturated rings. The first-order valence-corrected chi connectivity index (χ1v) is 7.05. The maximum absolute atomic E-state index is 11.1. The fraction of sp³-hybridized carbons (Fsp3) is 0.533. The number of halogens is 1. The van der Waals surface area contributed by atoms with Crippen molar-refractivity contribution in [3.05, 3.63) is 34.9 Å². The number of esters is 1. The molecule has 4 heteroatoms. The molecule has 2 rings (SSSR count). The molecule has 0 saturated carbocycles. The van der Waals surface area contributed by atoms with Crippen molar-refractivity contribution >= 4 is 17.6 Å². The molecular formula is C15H19ClO3. The van der Waals surface area contributed by atoms with Gasteiger partial charge in [0, 0.05) is 24.8 Å². The molecule has 1 aliphatic heterocycles. The summed E-state index contributed by atoms with van der Waals surface area (Å²) in [6, 6.07) is 7.67. The third-order valence-electron chi connectivity index (χ3n) is 3.40. The Kier molecular flexibility index (Phi) is 4.83. The van der Waals surface area contributed by atoms with Gasteiger partial charge in [0.2, 0.25) is 0 Å². The van der Waals surface area contributed by atoms with Crippen LogP contribution < -0.4 is 0 Å². The van der Waals surface area contributed by atoms with Gasteiger partial charge in [0.1, 0.15) is 6.10 Å². The molecule has 0 radical (unpaired) electrons. The lowest BCUT2D eigenvalue weighted by Gasteiger charge is -2.35. The van der Waals surface area contributed by atoms with Gasteiger partial charge in [-0.05, 0) is 18.1 Å². The predicted molar refractivity (Wildman–Crippen MR) is 74.1 cm³/mol. The third-order valence-corrected chi connectivity index (χ3v) is 3.74. The highest BCUT2D eigenvalue weighted by Gasteiger charge is 2.32. The van der Waals surface area contributed by atoms with Crippen LogP contribution in [0.25, 0.3) is 0 Å². The van der Waals surface area contributed by atoms with E-state index >= 15 is 0 Å². The molecule has 3 atom stereocenters. The summed E-state index contributed by atoms with van der Waals surface area (Å²) in [4.78, 5) is 11.1. The summed E-state index contributed by atoms with van der Waals surface area (Å²) in [6.07, 6.45) is 2.25. The Labute approximate surface area is 118 Å². The molecule has 1 aromatic carbocycles. The van der Waals surface area contributed by atoms with E-state index in [9.17, 15) is 4.79 Å². The van der Waals surface area contributed by atoms with Crippen molar-refractivity contribution in [3.8, 4) is 0 Å². The molecule has 19 heavy (non-hydrogen) atoms. The average molecular weight is 285 g/mol. The molecule has 0 N–H and O–H groups in total. The monoisotopic (exact) mass is 284 g/mol. The lowest BCUT2D eigenvalue weighted by atomic mass is 9.97. The molecule has 0 bridgehead atoms. The van der Waals surface area contributed by atoms with Crippen LogP contribution in [0.3, 0.4) is 0 Å². The number of rotatable bonds is 3. The van der Waals surface area contributed by atoms with E-state index in [0.29, 0.717) is 11.4 Å². The van der Waals surface area contributed by atoms with Gasteiger partial charge >= 0.3 is 5.97 Å². The number of carbonyl (C=O) groups is 1. The van der Waals surface area contributed by atoms with E-state index < -0.39 is 0 Å². The van der Waals surface area contributed by atoms with Crippen LogP contribution in [-0.4, -0.2) is 18.2 Å². The highest BCUT2D eigenvalue weighted by molar-refractivity contribution is 6.31. The van der Waals surface area contributed by atoms with Crippen molar-refractivity contribution in [2.75, 3.05) is 0 Å². The standard InChI is InChI=1S/C15H19ClO3/c1-3-11-8-12(18-10(2)17)9-15(19-11)13-6-4-5-7-14(13)16/h4-7,11-12,15H,3,8-9H2,1-2H3/t11-,12+,15-/m0/s1/i19+2. The van der Waals surface area contributed by atoms with E-state index in [4.69, 9.17) is 21.1 Å². The highest BCUT2D eigenvalue weighted by atomic mass is 35.5. The number of ether oxygens (including phenoxy) is 2. The number of hydrogen-bond acceptors (Lipinski definition) is 3. The molecule has 0 unspecified atom stereocenters. The molecule has 0 aromatic heterocycles. The second-order valence-corrected chi connectivity index (χ2v) is 5.29. The van der Waals surface area contributed by atoms with Crippen LogP contribution in [0, 0.1) is 0 Å². The third kappa shape index (κ3) is 3.71. The largest absolute Gasteiger partial charge is 0.462 e. The Bertz CT molecular complexity index is 447. The van der Waals surface area contributed by atoms with Crippen LogP contribution in [-0.2, 0) is 14.3 Å². The van der Waals surface area contributed by atoms with Crippen molar-refractivity contribution in [3.63, 3.8) is 0 Å². The van der Waals surface area contributed by atoms with Crippen LogP contribution in [0.1, 0.15) is 44.8 Å². The quantitative estimate of drug-likeness (QED) is 0.624. The fourth-order valence-corrected chi connectivity index (χ4v) is 2.76. The second-order valence-electron chi connectivity index (χ2n) is 4.88. The van der Waals surface area contributed by atoms with Gasteiger partial charge in [-0.2, -0.15) is 0 Å². The predicted octanol–water partition coefficient (Wildman–Crippen LogP) is 3.90. The van der Waals surface area contributed by atoms with E-state index in [2.05, 4.69) is 6.92 Å². The minimum atomic E-state index is -0.236. The smallest absolute Gasteiger partial charge is 0.302 e. The van der Waals surface area contributed by atoms with E-state index in [1.54, 1.807) is 0 Å². The van der Waals surface area contributed by atoms with Crippen molar-refractivity contribution in [2.24, 2.45) is 0 Å². The Morgan fingerprint density at radius 1 is 1.42 bits per heavy atom. The first-order chi connectivity index (χ1) is 9.10. The SMILES string of the molecule is CC[C@H]1C[C@@H](OC(C)=O)C[C@@H](c2ccccc2Cl)[18O]1. The molecule has 3 nitrogen and oxygen atoms in total. The van der Waals surface area contributed by atoms with Crippen molar-refractivity contribution in [1.82, 2.24) is 0 Å². The maximum Gasteiger partial charge on any atom is 0.302 e. The Hall–Kier alpha value is -1.06. The molecule has 0 aliphatic carbocycles. The normalized spacial score (nSPS) is 27.0. The lowest BCUT2D eigenvalue weighted by Crippen LogP contribution is -2.33. The summed E-state index contributed by atoms with van der Waals surface area (Å²) in [5.41, 5.74) is 0.972. The minimum absolute atomic E-state index is 0.0857. The van der Waals surface area contributed by atoms with Gasteiger partial charge in [0.05, 0.1) is 12.2 Å². The van der Waals surface area contributed by atoms with Crippen molar-refractivity contribution < 1.29 is 14.3 Å². The summed E-state index contributed by atoms with van der Waals surface area (Å²) >= 11 is 6.21. The van der Waals surface area contributed by atoms with Crippen LogP contribution in [0.4, 0.5) is 0 Å². The van der Waals surface area contributed by atoms with Crippen molar-refractivity contribution in [2.45, 2.75) is 51.4 Å². The van der Waals surface area contributed by atoms with Crippen LogP contribution in [0.5, 0.6) is 0 Å². The summed E-state index contributed by atoms with van der Waals surface area (Å²) in [7, 11) is 0. The van der Waals surface area contributed by atoms with E-state index in [0.717, 1.165) is 18.4 Å². The Balaban J connectivity index is 2.15. The molecule has 0 spiro atoms. The van der Waals surface area contributed by atoms with Gasteiger partial charge in [-0.1, -0.05) is 36.7 Å². The zero-order valence-corrected chi connectivity index (χ0v) is 12.0. The summed E-state index contributed by atoms with van der Waals surface area (Å²) in [5, 5.41) is 0.700. The maximum atomic E-state index is 11.1. The van der Waals surface area contributed by atoms with E-state index in [1.807, 2.05) is 24.3 Å². The van der Waals surface area contributed by atoms with Gasteiger partial charge in [-0.15, -0.1) is 0 Å². The van der Waals surface area contributed by atoms with Gasteiger partial charge in [-0.3, -0.25) is 4.79 Å². The molecule has 1 saturated heterocycles. The number of benzene rings is 1. The van der Waals surface area contributed by atoms with Gasteiger partial charge in [0.15, 0.2) is 0 Å². The highest BCUT2D eigenvalue weighted by Crippen LogP contribution is 2.36. The molecule has 1 aliphatic rings. The molecular weight excluding hydrogens is 266 g/mol. The number of hydrogen-bond donors (Lipinski definition) is 0. The fourth-order valence-electron chi connectivity index (χ4n) is 2.50. The molecule has 1 heterocycles. The molecule has 1 aromatic rings. The Morgan fingerprint density at radius 2 is 2.16 bits per heavy atom. The summed E-state index contributed by atoms with van der Waals surface area (Å²) < 4.78 is 11.4. The zero-order valence-electron chi connectivity index (χ0n) is 11.3. The lowest BCUT2D eigenvalue weighted by molar-refractivity contribution is -0.160. The molecule has 104 valence electrons. The van der Waals surface area contributed by atoms with Crippen LogP contribution in [0.15, 0.2) is 24.3 Å². The van der Waals surface area contributed by atoms with Gasteiger partial charge < -0.3 is 9.47 Å². The van der Waals surface area contributed by atoms with Gasteiger partial charge in [0.25, 0.3) is 0 Å². The number of carbonyl (C=O) groups excluding carboxylic acids is 1. The second kappa shape index (κ2) is 6.40. The first-order valence-electron chi connectivity index (χ1n) is 6.67. The van der Waals surface area contributed by atoms with Crippen molar-refractivity contribution in [1.29, 1.82) is 0 Å². The van der Waals surface area contributed by atoms with E-state index in [1.165, 1.54) is 6.92 Å². The van der Waals surface area contributed by atoms with Crippen LogP contribution >= 0.6 is 11.6 Å². The van der Waals surface area contributed by atoms with Gasteiger partial charge in [-0.25, -0.2) is 0 Å². The summed E-state index contributed by atoms with van der Waals surface area (Å²) in [5.74, 6) is -0.236. The topological polar surface area (TPSA) is 35.5 Å². The summed E-state index contributed by atoms with van der Waals surface area (Å²) in [6.45, 7) is 3.52. The zero-order chi connectivity index (χ0) is 13.8. The molecule has 0 amide bonds. The average Bonchev–Trinajstić information content (AvgIpc) is 2.38. The van der Waals surface area contributed by atoms with E-state index in [-0.39, 0.29) is 24.3 Å². The first kappa shape index (κ1) is 14.4.